The first-order valence-corrected chi connectivity index (χ1v) is 7.41. The van der Waals surface area contributed by atoms with Gasteiger partial charge in [-0.2, -0.15) is 17.9 Å². The van der Waals surface area contributed by atoms with Gasteiger partial charge in [0.15, 0.2) is 0 Å². The largest absolute Gasteiger partial charge is 0.478 e. The van der Waals surface area contributed by atoms with Gasteiger partial charge in [0.25, 0.3) is 0 Å². The second-order valence-electron chi connectivity index (χ2n) is 4.97. The van der Waals surface area contributed by atoms with Gasteiger partial charge >= 0.3 is 12.1 Å². The summed E-state index contributed by atoms with van der Waals surface area (Å²) in [7, 11) is -4.46. The molecule has 0 saturated heterocycles. The number of nitrogens with one attached hydrogen (secondary N) is 1. The van der Waals surface area contributed by atoms with Crippen LogP contribution in [0.25, 0.3) is 0 Å². The molecule has 2 N–H and O–H groups in total. The topological polar surface area (TPSA) is 83.5 Å². The minimum atomic E-state index is -4.68. The van der Waals surface area contributed by atoms with Crippen LogP contribution >= 0.6 is 0 Å². The molecule has 1 aliphatic carbocycles. The van der Waals surface area contributed by atoms with Crippen LogP contribution in [0.2, 0.25) is 0 Å². The highest BCUT2D eigenvalue weighted by Crippen LogP contribution is 2.49. The Morgan fingerprint density at radius 3 is 2.33 bits per heavy atom. The van der Waals surface area contributed by atoms with E-state index in [-0.39, 0.29) is 24.0 Å². The lowest BCUT2D eigenvalue weighted by Crippen LogP contribution is -2.47. The molecule has 1 aliphatic rings. The van der Waals surface area contributed by atoms with E-state index in [1.54, 1.807) is 4.72 Å². The Bertz CT molecular complexity index is 693. The first-order chi connectivity index (χ1) is 9.48. The van der Waals surface area contributed by atoms with E-state index in [0.717, 1.165) is 6.07 Å². The predicted molar refractivity (Wildman–Crippen MR) is 66.5 cm³/mol. The summed E-state index contributed by atoms with van der Waals surface area (Å²) in [6.45, 7) is 1.38. The lowest BCUT2D eigenvalue weighted by atomic mass is 10.1. The van der Waals surface area contributed by atoms with Crippen molar-refractivity contribution in [3.8, 4) is 0 Å². The summed E-state index contributed by atoms with van der Waals surface area (Å²) in [5.74, 6) is -1.36. The quantitative estimate of drug-likeness (QED) is 0.888. The van der Waals surface area contributed by atoms with Gasteiger partial charge in [0, 0.05) is 0 Å². The van der Waals surface area contributed by atoms with Gasteiger partial charge in [0.2, 0.25) is 10.0 Å². The van der Waals surface area contributed by atoms with Crippen LogP contribution in [-0.4, -0.2) is 31.2 Å². The lowest BCUT2D eigenvalue weighted by Gasteiger charge is -2.21. The fraction of sp³-hybridized carbons (Fsp3) is 0.417. The van der Waals surface area contributed by atoms with Crippen LogP contribution in [0.4, 0.5) is 13.2 Å². The average molecular weight is 323 g/mol. The van der Waals surface area contributed by atoms with E-state index in [1.165, 1.54) is 19.1 Å². The van der Waals surface area contributed by atoms with Gasteiger partial charge in [-0.15, -0.1) is 0 Å². The number of hydrogen-bond acceptors (Lipinski definition) is 3. The Morgan fingerprint density at radius 2 is 1.90 bits per heavy atom. The molecule has 9 heteroatoms. The van der Waals surface area contributed by atoms with E-state index in [9.17, 15) is 26.4 Å². The van der Waals surface area contributed by atoms with Crippen molar-refractivity contribution >= 4 is 16.0 Å². The van der Waals surface area contributed by atoms with Crippen molar-refractivity contribution in [3.63, 3.8) is 0 Å². The molecule has 0 heterocycles. The minimum absolute atomic E-state index is 0.172. The number of carboxylic acid groups (broad SMARTS) is 1. The maximum Gasteiger partial charge on any atom is 0.407 e. The molecular weight excluding hydrogens is 311 g/mol. The van der Waals surface area contributed by atoms with E-state index in [2.05, 4.69) is 0 Å². The number of carboxylic acids is 1. The summed E-state index contributed by atoms with van der Waals surface area (Å²) in [5.41, 5.74) is -2.57. The van der Waals surface area contributed by atoms with Gasteiger partial charge < -0.3 is 5.11 Å². The van der Waals surface area contributed by atoms with E-state index >= 15 is 0 Å². The third-order valence-electron chi connectivity index (χ3n) is 3.35. The van der Waals surface area contributed by atoms with Crippen LogP contribution in [-0.2, 0) is 10.0 Å². The molecular formula is C12H12F3NO4S. The number of halogens is 3. The third-order valence-corrected chi connectivity index (χ3v) is 5.03. The van der Waals surface area contributed by atoms with Crippen molar-refractivity contribution in [2.45, 2.75) is 36.4 Å². The first kappa shape index (κ1) is 15.8. The molecule has 1 aromatic rings. The monoisotopic (exact) mass is 323 g/mol. The number of alkyl halides is 3. The summed E-state index contributed by atoms with van der Waals surface area (Å²) in [4.78, 5) is 10.4. The van der Waals surface area contributed by atoms with E-state index in [0.29, 0.717) is 0 Å². The zero-order chi connectivity index (χ0) is 16.1. The van der Waals surface area contributed by atoms with Crippen molar-refractivity contribution < 1.29 is 31.5 Å². The van der Waals surface area contributed by atoms with Crippen molar-refractivity contribution in [1.82, 2.24) is 4.72 Å². The SMILES string of the molecule is Cc1ccc(C(=O)O)cc1S(=O)(=O)NC1(C(F)(F)F)CC1. The lowest BCUT2D eigenvalue weighted by molar-refractivity contribution is -0.160. The fourth-order valence-electron chi connectivity index (χ4n) is 1.90. The number of aromatic carboxylic acids is 1. The highest BCUT2D eigenvalue weighted by Gasteiger charge is 2.65. The molecule has 0 amide bonds. The van der Waals surface area contributed by atoms with Crippen LogP contribution in [0.15, 0.2) is 23.1 Å². The molecule has 0 spiro atoms. The van der Waals surface area contributed by atoms with E-state index in [4.69, 9.17) is 5.11 Å². The molecule has 0 radical (unpaired) electrons. The zero-order valence-corrected chi connectivity index (χ0v) is 11.7. The van der Waals surface area contributed by atoms with Crippen molar-refractivity contribution in [1.29, 1.82) is 0 Å². The second-order valence-corrected chi connectivity index (χ2v) is 6.62. The molecule has 0 unspecified atom stereocenters. The summed E-state index contributed by atoms with van der Waals surface area (Å²) >= 11 is 0. The summed E-state index contributed by atoms with van der Waals surface area (Å²) in [6.07, 6.45) is -5.33. The number of hydrogen-bond donors (Lipinski definition) is 2. The van der Waals surface area contributed by atoms with Crippen LogP contribution in [0.3, 0.4) is 0 Å². The minimum Gasteiger partial charge on any atom is -0.478 e. The molecule has 5 nitrogen and oxygen atoms in total. The van der Waals surface area contributed by atoms with Crippen LogP contribution in [0.5, 0.6) is 0 Å². The van der Waals surface area contributed by atoms with Crippen LogP contribution in [0, 0.1) is 6.92 Å². The second kappa shape index (κ2) is 4.70. The van der Waals surface area contributed by atoms with Crippen LogP contribution < -0.4 is 4.72 Å². The maximum absolute atomic E-state index is 12.8. The number of rotatable bonds is 4. The molecule has 0 aliphatic heterocycles. The van der Waals surface area contributed by atoms with Gasteiger partial charge in [-0.1, -0.05) is 6.07 Å². The standard InChI is InChI=1S/C12H12F3NO4S/c1-7-2-3-8(10(17)18)6-9(7)21(19,20)16-11(4-5-11)12(13,14)15/h2-3,6,16H,4-5H2,1H3,(H,17,18). The smallest absolute Gasteiger partial charge is 0.407 e. The predicted octanol–water partition coefficient (Wildman–Crippen LogP) is 2.07. The van der Waals surface area contributed by atoms with Gasteiger partial charge in [-0.3, -0.25) is 0 Å². The van der Waals surface area contributed by atoms with Crippen molar-refractivity contribution in [3.05, 3.63) is 29.3 Å². The summed E-state index contributed by atoms with van der Waals surface area (Å²) in [5, 5.41) is 8.84. The van der Waals surface area contributed by atoms with Crippen molar-refractivity contribution in [2.24, 2.45) is 0 Å². The van der Waals surface area contributed by atoms with Crippen molar-refractivity contribution in [2.75, 3.05) is 0 Å². The molecule has 1 saturated carbocycles. The molecule has 1 aromatic carbocycles. The zero-order valence-electron chi connectivity index (χ0n) is 10.9. The van der Waals surface area contributed by atoms with Gasteiger partial charge in [-0.25, -0.2) is 13.2 Å². The summed E-state index contributed by atoms with van der Waals surface area (Å²) in [6, 6.07) is 3.28. The number of sulfonamides is 1. The molecule has 2 rings (SSSR count). The molecule has 0 bridgehead atoms. The Balaban J connectivity index is 2.41. The maximum atomic E-state index is 12.8. The number of benzene rings is 1. The number of aryl methyl sites for hydroxylation is 1. The van der Waals surface area contributed by atoms with E-state index in [1.807, 2.05) is 0 Å². The summed E-state index contributed by atoms with van der Waals surface area (Å²) < 4.78 is 64.4. The van der Waals surface area contributed by atoms with Gasteiger partial charge in [0.05, 0.1) is 10.5 Å². The molecule has 0 atom stereocenters. The molecule has 21 heavy (non-hydrogen) atoms. The van der Waals surface area contributed by atoms with E-state index < -0.39 is 32.6 Å². The Labute approximate surface area is 118 Å². The van der Waals surface area contributed by atoms with Gasteiger partial charge in [0.1, 0.15) is 5.54 Å². The highest BCUT2D eigenvalue weighted by molar-refractivity contribution is 7.89. The fourth-order valence-corrected chi connectivity index (χ4v) is 3.62. The Hall–Kier alpha value is -1.61. The third kappa shape index (κ3) is 2.88. The average Bonchev–Trinajstić information content (AvgIpc) is 3.08. The van der Waals surface area contributed by atoms with Crippen LogP contribution in [0.1, 0.15) is 28.8 Å². The molecule has 1 fully saturated rings. The van der Waals surface area contributed by atoms with Gasteiger partial charge in [-0.05, 0) is 37.5 Å². The first-order valence-electron chi connectivity index (χ1n) is 5.93. The number of carbonyl (C=O) groups is 1. The highest BCUT2D eigenvalue weighted by atomic mass is 32.2. The Morgan fingerprint density at radius 1 is 1.33 bits per heavy atom. The molecule has 0 aromatic heterocycles. The normalized spacial score (nSPS) is 17.5. The Kier molecular flexibility index (Phi) is 3.53. The molecule has 116 valence electrons.